The number of nitrogen functional groups attached to an aromatic ring is 1. The van der Waals surface area contributed by atoms with Gasteiger partial charge in [0.2, 0.25) is 0 Å². The Morgan fingerprint density at radius 2 is 1.80 bits per heavy atom. The summed E-state index contributed by atoms with van der Waals surface area (Å²) < 4.78 is 39.9. The van der Waals surface area contributed by atoms with Gasteiger partial charge in [-0.05, 0) is 28.6 Å². The third-order valence-corrected chi connectivity index (χ3v) is 2.73. The van der Waals surface area contributed by atoms with Crippen LogP contribution < -0.4 is 5.73 Å². The molecule has 1 aromatic carbocycles. The van der Waals surface area contributed by atoms with E-state index >= 15 is 0 Å². The molecule has 0 saturated heterocycles. The van der Waals surface area contributed by atoms with Gasteiger partial charge in [-0.25, -0.2) is 0 Å². The normalized spacial score (nSPS) is 12.7. The van der Waals surface area contributed by atoms with Gasteiger partial charge >= 0.3 is 6.18 Å². The summed E-state index contributed by atoms with van der Waals surface area (Å²) in [5.41, 5.74) is 3.97. The van der Waals surface area contributed by atoms with E-state index in [0.717, 1.165) is 6.07 Å². The number of alkyl halides is 3. The highest BCUT2D eigenvalue weighted by Gasteiger charge is 2.34. The predicted octanol–water partition coefficient (Wildman–Crippen LogP) is 2.56. The van der Waals surface area contributed by atoms with Gasteiger partial charge in [-0.3, -0.25) is 0 Å². The zero-order chi connectivity index (χ0) is 15.1. The van der Waals surface area contributed by atoms with Gasteiger partial charge < -0.3 is 5.73 Å². The Labute approximate surface area is 113 Å². The summed E-state index contributed by atoms with van der Waals surface area (Å²) in [6, 6.07) is 3.60. The van der Waals surface area contributed by atoms with Crippen LogP contribution in [0.15, 0.2) is 18.2 Å². The lowest BCUT2D eigenvalue weighted by molar-refractivity contribution is -0.136. The number of aromatic nitrogens is 4. The van der Waals surface area contributed by atoms with Crippen molar-refractivity contribution in [2.75, 3.05) is 5.73 Å². The van der Waals surface area contributed by atoms with Gasteiger partial charge in [-0.1, -0.05) is 20.8 Å². The van der Waals surface area contributed by atoms with Crippen molar-refractivity contribution in [3.8, 4) is 5.69 Å². The Bertz CT molecular complexity index is 625. The fraction of sp³-hybridized carbons (Fsp3) is 0.417. The fourth-order valence-corrected chi connectivity index (χ4v) is 1.75. The number of rotatable bonds is 1. The molecule has 5 nitrogen and oxygen atoms in total. The minimum absolute atomic E-state index is 0.224. The Morgan fingerprint density at radius 1 is 1.15 bits per heavy atom. The molecule has 20 heavy (non-hydrogen) atoms. The van der Waals surface area contributed by atoms with Crippen LogP contribution in [0.3, 0.4) is 0 Å². The van der Waals surface area contributed by atoms with E-state index in [-0.39, 0.29) is 11.4 Å². The number of hydrogen-bond acceptors (Lipinski definition) is 4. The first kappa shape index (κ1) is 14.3. The van der Waals surface area contributed by atoms with E-state index in [1.807, 2.05) is 20.8 Å². The number of halogens is 3. The standard InChI is InChI=1S/C12H14F3N5/c1-11(2,3)10-17-18-19-20(10)7-4-5-9(16)8(6-7)12(13,14)15/h4-6H,16H2,1-3H3. The van der Waals surface area contributed by atoms with E-state index in [1.54, 1.807) is 0 Å². The zero-order valence-electron chi connectivity index (χ0n) is 11.2. The average Bonchev–Trinajstić information content (AvgIpc) is 2.76. The van der Waals surface area contributed by atoms with Gasteiger partial charge in [-0.2, -0.15) is 17.9 Å². The summed E-state index contributed by atoms with van der Waals surface area (Å²) in [6.45, 7) is 5.62. The molecule has 0 fully saturated rings. The van der Waals surface area contributed by atoms with Crippen LogP contribution in [0, 0.1) is 0 Å². The Morgan fingerprint density at radius 3 is 2.35 bits per heavy atom. The molecule has 0 unspecified atom stereocenters. The maximum absolute atomic E-state index is 12.9. The van der Waals surface area contributed by atoms with Crippen LogP contribution in [-0.2, 0) is 11.6 Å². The first-order valence-corrected chi connectivity index (χ1v) is 5.86. The van der Waals surface area contributed by atoms with Gasteiger partial charge in [0.05, 0.1) is 11.3 Å². The largest absolute Gasteiger partial charge is 0.418 e. The maximum Gasteiger partial charge on any atom is 0.418 e. The minimum Gasteiger partial charge on any atom is -0.398 e. The molecule has 0 aliphatic carbocycles. The fourth-order valence-electron chi connectivity index (χ4n) is 1.75. The smallest absolute Gasteiger partial charge is 0.398 e. The molecule has 0 aliphatic rings. The molecule has 0 spiro atoms. The van der Waals surface area contributed by atoms with Gasteiger partial charge in [0.1, 0.15) is 0 Å². The number of hydrogen-bond donors (Lipinski definition) is 1. The van der Waals surface area contributed by atoms with Crippen LogP contribution in [0.4, 0.5) is 18.9 Å². The highest BCUT2D eigenvalue weighted by atomic mass is 19.4. The lowest BCUT2D eigenvalue weighted by Crippen LogP contribution is -2.19. The number of nitrogens with zero attached hydrogens (tertiary/aromatic N) is 4. The number of nitrogens with two attached hydrogens (primary N) is 1. The highest BCUT2D eigenvalue weighted by Crippen LogP contribution is 2.35. The zero-order valence-corrected chi connectivity index (χ0v) is 11.2. The summed E-state index contributed by atoms with van der Waals surface area (Å²) in [5, 5.41) is 11.2. The van der Waals surface area contributed by atoms with Crippen molar-refractivity contribution in [1.29, 1.82) is 0 Å². The SMILES string of the molecule is CC(C)(C)c1nnnn1-c1ccc(N)c(C(F)(F)F)c1. The molecular formula is C12H14F3N5. The summed E-state index contributed by atoms with van der Waals surface area (Å²) >= 11 is 0. The van der Waals surface area contributed by atoms with Crippen molar-refractivity contribution in [1.82, 2.24) is 20.2 Å². The molecule has 2 N–H and O–H groups in total. The van der Waals surface area contributed by atoms with Crippen LogP contribution >= 0.6 is 0 Å². The molecule has 1 heterocycles. The molecule has 0 saturated carbocycles. The van der Waals surface area contributed by atoms with E-state index in [1.165, 1.54) is 16.8 Å². The quantitative estimate of drug-likeness (QED) is 0.817. The summed E-state index contributed by atoms with van der Waals surface area (Å²) in [7, 11) is 0. The molecule has 1 aromatic heterocycles. The van der Waals surface area contributed by atoms with E-state index in [2.05, 4.69) is 15.5 Å². The van der Waals surface area contributed by atoms with Crippen molar-refractivity contribution in [3.05, 3.63) is 29.6 Å². The molecule has 0 amide bonds. The van der Waals surface area contributed by atoms with Crippen LogP contribution in [0.5, 0.6) is 0 Å². The average molecular weight is 285 g/mol. The molecule has 8 heteroatoms. The Balaban J connectivity index is 2.58. The third kappa shape index (κ3) is 2.59. The number of tetrazole rings is 1. The van der Waals surface area contributed by atoms with Crippen LogP contribution in [0.1, 0.15) is 32.2 Å². The van der Waals surface area contributed by atoms with Crippen LogP contribution in [-0.4, -0.2) is 20.2 Å². The molecule has 108 valence electrons. The first-order valence-electron chi connectivity index (χ1n) is 5.86. The minimum atomic E-state index is -4.52. The summed E-state index contributed by atoms with van der Waals surface area (Å²) in [6.07, 6.45) is -4.52. The number of benzene rings is 1. The van der Waals surface area contributed by atoms with Gasteiger partial charge in [0.25, 0.3) is 0 Å². The van der Waals surface area contributed by atoms with Crippen molar-refractivity contribution >= 4 is 5.69 Å². The van der Waals surface area contributed by atoms with Crippen LogP contribution in [0.2, 0.25) is 0 Å². The lowest BCUT2D eigenvalue weighted by atomic mass is 9.95. The van der Waals surface area contributed by atoms with Gasteiger partial charge in [0.15, 0.2) is 5.82 Å². The van der Waals surface area contributed by atoms with E-state index in [4.69, 9.17) is 5.73 Å². The lowest BCUT2D eigenvalue weighted by Gasteiger charge is -2.18. The molecule has 0 atom stereocenters. The summed E-state index contributed by atoms with van der Waals surface area (Å²) in [5.74, 6) is 0.468. The van der Waals surface area contributed by atoms with Gasteiger partial charge in [0, 0.05) is 11.1 Å². The Hall–Kier alpha value is -2.12. The second-order valence-electron chi connectivity index (χ2n) is 5.43. The van der Waals surface area contributed by atoms with Crippen molar-refractivity contribution in [2.24, 2.45) is 0 Å². The summed E-state index contributed by atoms with van der Waals surface area (Å²) in [4.78, 5) is 0. The predicted molar refractivity (Wildman–Crippen MR) is 67.3 cm³/mol. The second-order valence-corrected chi connectivity index (χ2v) is 5.43. The van der Waals surface area contributed by atoms with Gasteiger partial charge in [-0.15, -0.1) is 5.10 Å². The molecule has 2 aromatic rings. The molecule has 2 rings (SSSR count). The topological polar surface area (TPSA) is 69.6 Å². The maximum atomic E-state index is 12.9. The van der Waals surface area contributed by atoms with E-state index < -0.39 is 17.2 Å². The van der Waals surface area contributed by atoms with Crippen molar-refractivity contribution < 1.29 is 13.2 Å². The molecular weight excluding hydrogens is 271 g/mol. The van der Waals surface area contributed by atoms with E-state index in [0.29, 0.717) is 5.82 Å². The third-order valence-electron chi connectivity index (χ3n) is 2.73. The monoisotopic (exact) mass is 285 g/mol. The van der Waals surface area contributed by atoms with Crippen molar-refractivity contribution in [3.63, 3.8) is 0 Å². The van der Waals surface area contributed by atoms with E-state index in [9.17, 15) is 13.2 Å². The number of anilines is 1. The molecule has 0 bridgehead atoms. The second kappa shape index (κ2) is 4.46. The Kier molecular flexibility index (Phi) is 3.19. The van der Waals surface area contributed by atoms with Crippen LogP contribution in [0.25, 0.3) is 5.69 Å². The molecule has 0 radical (unpaired) electrons. The highest BCUT2D eigenvalue weighted by molar-refractivity contribution is 5.54. The molecule has 0 aliphatic heterocycles. The first-order chi connectivity index (χ1) is 9.10. The van der Waals surface area contributed by atoms with Crippen molar-refractivity contribution in [2.45, 2.75) is 32.4 Å².